The Balaban J connectivity index is 1.92. The van der Waals surface area contributed by atoms with Gasteiger partial charge >= 0.3 is 0 Å². The molecule has 0 bridgehead atoms. The van der Waals surface area contributed by atoms with E-state index in [-0.39, 0.29) is 12.2 Å². The number of rotatable bonds is 3. The average Bonchev–Trinajstić information content (AvgIpc) is 2.79. The molecule has 0 radical (unpaired) electrons. The van der Waals surface area contributed by atoms with Gasteiger partial charge in [0, 0.05) is 0 Å². The van der Waals surface area contributed by atoms with Crippen molar-refractivity contribution in [3.05, 3.63) is 0 Å². The fourth-order valence-corrected chi connectivity index (χ4v) is 2.63. The van der Waals surface area contributed by atoms with Crippen LogP contribution >= 0.6 is 0 Å². The largest absolute Gasteiger partial charge is 0.348 e. The van der Waals surface area contributed by atoms with Crippen LogP contribution in [-0.2, 0) is 18.9 Å². The maximum Gasteiger partial charge on any atom is 0.163 e. The van der Waals surface area contributed by atoms with Gasteiger partial charge in [-0.15, -0.1) is 0 Å². The summed E-state index contributed by atoms with van der Waals surface area (Å²) in [6, 6.07) is 0. The summed E-state index contributed by atoms with van der Waals surface area (Å²) in [4.78, 5) is 0. The highest BCUT2D eigenvalue weighted by Crippen LogP contribution is 2.35. The van der Waals surface area contributed by atoms with Crippen molar-refractivity contribution in [3.63, 3.8) is 0 Å². The van der Waals surface area contributed by atoms with Gasteiger partial charge < -0.3 is 18.9 Å². The zero-order valence-electron chi connectivity index (χ0n) is 12.4. The Labute approximate surface area is 110 Å². The predicted octanol–water partition coefficient (Wildman–Crippen LogP) is 2.56. The molecule has 2 heterocycles. The first kappa shape index (κ1) is 14.3. The van der Waals surface area contributed by atoms with Crippen LogP contribution in [0.15, 0.2) is 0 Å². The molecule has 2 rings (SSSR count). The van der Waals surface area contributed by atoms with Gasteiger partial charge in [-0.25, -0.2) is 0 Å². The van der Waals surface area contributed by atoms with Crippen LogP contribution in [0.2, 0.25) is 0 Å². The fraction of sp³-hybridized carbons (Fsp3) is 1.00. The van der Waals surface area contributed by atoms with Gasteiger partial charge in [0.1, 0.15) is 0 Å². The van der Waals surface area contributed by atoms with Crippen LogP contribution in [0.25, 0.3) is 0 Å². The van der Waals surface area contributed by atoms with Crippen molar-refractivity contribution in [2.75, 3.05) is 13.2 Å². The Hall–Kier alpha value is -0.160. The summed E-state index contributed by atoms with van der Waals surface area (Å²) in [7, 11) is 0. The molecule has 2 aliphatic rings. The normalized spacial score (nSPS) is 37.7. The SMILES string of the molecule is CC(C1COC(C)(C)O1)C(C)C1COC(C)(C)O1. The van der Waals surface area contributed by atoms with Crippen LogP contribution in [0.4, 0.5) is 0 Å². The van der Waals surface area contributed by atoms with Crippen LogP contribution in [0, 0.1) is 11.8 Å². The molecule has 0 aromatic heterocycles. The van der Waals surface area contributed by atoms with Crippen LogP contribution in [0.3, 0.4) is 0 Å². The zero-order chi connectivity index (χ0) is 13.6. The monoisotopic (exact) mass is 258 g/mol. The lowest BCUT2D eigenvalue weighted by Gasteiger charge is -2.29. The Morgan fingerprint density at radius 1 is 0.778 bits per heavy atom. The molecule has 4 nitrogen and oxygen atoms in total. The highest BCUT2D eigenvalue weighted by molar-refractivity contribution is 4.84. The summed E-state index contributed by atoms with van der Waals surface area (Å²) >= 11 is 0. The van der Waals surface area contributed by atoms with Crippen LogP contribution in [0.5, 0.6) is 0 Å². The fourth-order valence-electron chi connectivity index (χ4n) is 2.63. The van der Waals surface area contributed by atoms with E-state index in [2.05, 4.69) is 13.8 Å². The van der Waals surface area contributed by atoms with E-state index in [1.807, 2.05) is 27.7 Å². The lowest BCUT2D eigenvalue weighted by atomic mass is 9.87. The zero-order valence-corrected chi connectivity index (χ0v) is 12.4. The van der Waals surface area contributed by atoms with Crippen LogP contribution < -0.4 is 0 Å². The molecule has 0 N–H and O–H groups in total. The molecule has 0 aromatic carbocycles. The maximum atomic E-state index is 5.92. The molecule has 0 saturated carbocycles. The minimum atomic E-state index is -0.453. The third-order valence-electron chi connectivity index (χ3n) is 4.06. The minimum Gasteiger partial charge on any atom is -0.348 e. The number of ether oxygens (including phenoxy) is 4. The molecule has 4 unspecified atom stereocenters. The van der Waals surface area contributed by atoms with Gasteiger partial charge in [-0.2, -0.15) is 0 Å². The van der Waals surface area contributed by atoms with Crippen molar-refractivity contribution in [1.29, 1.82) is 0 Å². The van der Waals surface area contributed by atoms with E-state index < -0.39 is 11.6 Å². The maximum absolute atomic E-state index is 5.92. The van der Waals surface area contributed by atoms with E-state index in [9.17, 15) is 0 Å². The first-order valence-corrected chi connectivity index (χ1v) is 6.84. The summed E-state index contributed by atoms with van der Waals surface area (Å²) in [5.74, 6) is -0.140. The summed E-state index contributed by atoms with van der Waals surface area (Å²) < 4.78 is 23.1. The predicted molar refractivity (Wildman–Crippen MR) is 68.1 cm³/mol. The second-order valence-corrected chi connectivity index (χ2v) is 6.45. The molecule has 106 valence electrons. The lowest BCUT2D eigenvalue weighted by molar-refractivity contribution is -0.158. The molecule has 0 aliphatic carbocycles. The molecule has 0 spiro atoms. The van der Waals surface area contributed by atoms with Gasteiger partial charge in [0.2, 0.25) is 0 Å². The van der Waals surface area contributed by atoms with Crippen LogP contribution in [0.1, 0.15) is 41.5 Å². The highest BCUT2D eigenvalue weighted by atomic mass is 16.7. The van der Waals surface area contributed by atoms with E-state index in [4.69, 9.17) is 18.9 Å². The van der Waals surface area contributed by atoms with Gasteiger partial charge in [-0.3, -0.25) is 0 Å². The Morgan fingerprint density at radius 2 is 1.11 bits per heavy atom. The highest BCUT2D eigenvalue weighted by Gasteiger charge is 2.42. The molecule has 2 fully saturated rings. The Kier molecular flexibility index (Phi) is 3.76. The van der Waals surface area contributed by atoms with Crippen molar-refractivity contribution in [2.45, 2.75) is 65.3 Å². The van der Waals surface area contributed by atoms with E-state index in [0.29, 0.717) is 25.0 Å². The van der Waals surface area contributed by atoms with Crippen molar-refractivity contribution < 1.29 is 18.9 Å². The van der Waals surface area contributed by atoms with E-state index in [0.717, 1.165) is 0 Å². The molecule has 2 aliphatic heterocycles. The minimum absolute atomic E-state index is 0.141. The first-order chi connectivity index (χ1) is 8.20. The van der Waals surface area contributed by atoms with Gasteiger partial charge in [-0.1, -0.05) is 13.8 Å². The van der Waals surface area contributed by atoms with Gasteiger partial charge in [0.15, 0.2) is 11.6 Å². The quantitative estimate of drug-likeness (QED) is 0.779. The van der Waals surface area contributed by atoms with E-state index in [1.54, 1.807) is 0 Å². The van der Waals surface area contributed by atoms with Gasteiger partial charge in [0.25, 0.3) is 0 Å². The topological polar surface area (TPSA) is 36.9 Å². The molecule has 0 aromatic rings. The van der Waals surface area contributed by atoms with Crippen LogP contribution in [-0.4, -0.2) is 37.0 Å². The molecular formula is C14H26O4. The molecule has 4 atom stereocenters. The Morgan fingerprint density at radius 3 is 1.33 bits per heavy atom. The summed E-state index contributed by atoms with van der Waals surface area (Å²) in [6.45, 7) is 13.6. The second kappa shape index (κ2) is 4.75. The van der Waals surface area contributed by atoms with Gasteiger partial charge in [0.05, 0.1) is 25.4 Å². The Bertz CT molecular complexity index is 270. The molecule has 2 saturated heterocycles. The van der Waals surface area contributed by atoms with E-state index in [1.165, 1.54) is 0 Å². The summed E-state index contributed by atoms with van der Waals surface area (Å²) in [6.07, 6.45) is 0.282. The lowest BCUT2D eigenvalue weighted by Crippen LogP contribution is -2.36. The van der Waals surface area contributed by atoms with Crippen molar-refractivity contribution in [3.8, 4) is 0 Å². The second-order valence-electron chi connectivity index (χ2n) is 6.45. The van der Waals surface area contributed by atoms with E-state index >= 15 is 0 Å². The summed E-state index contributed by atoms with van der Waals surface area (Å²) in [5.41, 5.74) is 0. The van der Waals surface area contributed by atoms with Crippen molar-refractivity contribution in [2.24, 2.45) is 11.8 Å². The van der Waals surface area contributed by atoms with Crippen molar-refractivity contribution >= 4 is 0 Å². The number of hydrogen-bond donors (Lipinski definition) is 0. The number of hydrogen-bond acceptors (Lipinski definition) is 4. The third-order valence-corrected chi connectivity index (χ3v) is 4.06. The van der Waals surface area contributed by atoms with Gasteiger partial charge in [-0.05, 0) is 39.5 Å². The third kappa shape index (κ3) is 3.05. The smallest absolute Gasteiger partial charge is 0.163 e. The van der Waals surface area contributed by atoms with Crippen molar-refractivity contribution in [1.82, 2.24) is 0 Å². The molecule has 18 heavy (non-hydrogen) atoms. The molecular weight excluding hydrogens is 232 g/mol. The standard InChI is InChI=1S/C14H26O4/c1-9(11-7-15-13(3,4)17-11)10(2)12-8-16-14(5,6)18-12/h9-12H,7-8H2,1-6H3. The first-order valence-electron chi connectivity index (χ1n) is 6.84. The molecule has 0 amide bonds. The average molecular weight is 258 g/mol. The molecule has 4 heteroatoms. The summed E-state index contributed by atoms with van der Waals surface area (Å²) in [5, 5.41) is 0.